The number of aromatic nitrogens is 6. The van der Waals surface area contributed by atoms with Gasteiger partial charge in [-0.25, -0.2) is 4.79 Å². The highest BCUT2D eigenvalue weighted by Gasteiger charge is 2.20. The lowest BCUT2D eigenvalue weighted by Crippen LogP contribution is -1.98. The molecule has 0 amide bonds. The number of carboxylic acid groups (broad SMARTS) is 1. The van der Waals surface area contributed by atoms with Gasteiger partial charge in [-0.15, -0.1) is 10.2 Å². The minimum absolute atomic E-state index is 0.177. The Kier molecular flexibility index (Phi) is 4.97. The minimum atomic E-state index is -1.25. The number of carbonyl (C=O) groups is 1. The van der Waals surface area contributed by atoms with E-state index in [2.05, 4.69) is 30.6 Å². The maximum atomic E-state index is 11.1. The number of hydrogen-bond acceptors (Lipinski definition) is 8. The third-order valence-electron chi connectivity index (χ3n) is 4.10. The van der Waals surface area contributed by atoms with Crippen molar-refractivity contribution in [2.45, 2.75) is 13.3 Å². The first-order valence-corrected chi connectivity index (χ1v) is 8.79. The number of pyridine rings is 1. The summed E-state index contributed by atoms with van der Waals surface area (Å²) in [5.74, 6) is -0.649. The van der Waals surface area contributed by atoms with Crippen LogP contribution in [0.2, 0.25) is 0 Å². The van der Waals surface area contributed by atoms with Crippen LogP contribution in [-0.2, 0) is 6.42 Å². The summed E-state index contributed by atoms with van der Waals surface area (Å²) in [6.07, 6.45) is 2.00. The third-order valence-corrected chi connectivity index (χ3v) is 4.10. The molecule has 0 aliphatic rings. The van der Waals surface area contributed by atoms with Crippen molar-refractivity contribution in [2.24, 2.45) is 0 Å². The molecule has 146 valence electrons. The van der Waals surface area contributed by atoms with Crippen molar-refractivity contribution in [1.82, 2.24) is 30.6 Å². The number of rotatable bonds is 7. The van der Waals surface area contributed by atoms with Gasteiger partial charge in [-0.3, -0.25) is 4.98 Å². The summed E-state index contributed by atoms with van der Waals surface area (Å²) in [5, 5.41) is 23.2. The Morgan fingerprint density at radius 3 is 2.69 bits per heavy atom. The van der Waals surface area contributed by atoms with Crippen LogP contribution in [0.5, 0.6) is 5.88 Å². The van der Waals surface area contributed by atoms with Gasteiger partial charge in [0.2, 0.25) is 5.82 Å². The average Bonchev–Trinajstić information content (AvgIpc) is 3.40. The van der Waals surface area contributed by atoms with Crippen molar-refractivity contribution in [1.29, 1.82) is 0 Å². The number of aromatic amines is 1. The molecule has 10 heteroatoms. The van der Waals surface area contributed by atoms with E-state index in [1.165, 1.54) is 0 Å². The molecule has 0 saturated heterocycles. The fourth-order valence-corrected chi connectivity index (χ4v) is 2.84. The van der Waals surface area contributed by atoms with Gasteiger partial charge in [0.25, 0.3) is 5.88 Å². The SMILES string of the molecule is CCOc1nc(C(=O)O)oc1Cc1ccc(-c2ccccc2-c2nn[nH]n2)nc1. The Hall–Kier alpha value is -4.08. The van der Waals surface area contributed by atoms with Gasteiger partial charge in [-0.05, 0) is 23.8 Å². The summed E-state index contributed by atoms with van der Waals surface area (Å²) in [5.41, 5.74) is 3.23. The summed E-state index contributed by atoms with van der Waals surface area (Å²) in [7, 11) is 0. The highest BCUT2D eigenvalue weighted by atomic mass is 16.5. The van der Waals surface area contributed by atoms with Crippen LogP contribution in [0.15, 0.2) is 47.0 Å². The van der Waals surface area contributed by atoms with Crippen LogP contribution in [-0.4, -0.2) is 48.3 Å². The molecular weight excluding hydrogens is 376 g/mol. The molecule has 4 rings (SSSR count). The van der Waals surface area contributed by atoms with E-state index in [9.17, 15) is 4.79 Å². The van der Waals surface area contributed by atoms with Gasteiger partial charge in [0.05, 0.1) is 12.3 Å². The molecule has 4 aromatic rings. The van der Waals surface area contributed by atoms with Crippen LogP contribution in [0, 0.1) is 0 Å². The van der Waals surface area contributed by atoms with Crippen LogP contribution in [0.4, 0.5) is 0 Å². The lowest BCUT2D eigenvalue weighted by molar-refractivity contribution is 0.0651. The molecule has 0 spiro atoms. The van der Waals surface area contributed by atoms with Gasteiger partial charge < -0.3 is 14.3 Å². The summed E-state index contributed by atoms with van der Waals surface area (Å²) in [6.45, 7) is 2.14. The lowest BCUT2D eigenvalue weighted by atomic mass is 10.0. The quantitative estimate of drug-likeness (QED) is 0.485. The van der Waals surface area contributed by atoms with Gasteiger partial charge in [-0.2, -0.15) is 10.2 Å². The average molecular weight is 392 g/mol. The second-order valence-corrected chi connectivity index (χ2v) is 5.99. The van der Waals surface area contributed by atoms with Crippen molar-refractivity contribution in [2.75, 3.05) is 6.61 Å². The fraction of sp³-hybridized carbons (Fsp3) is 0.158. The Bertz CT molecular complexity index is 1120. The molecule has 0 saturated carbocycles. The number of hydrogen-bond donors (Lipinski definition) is 2. The van der Waals surface area contributed by atoms with E-state index in [0.717, 1.165) is 22.4 Å². The van der Waals surface area contributed by atoms with Crippen molar-refractivity contribution >= 4 is 5.97 Å². The van der Waals surface area contributed by atoms with Crippen LogP contribution in [0.1, 0.15) is 28.9 Å². The third kappa shape index (κ3) is 3.81. The predicted octanol–water partition coefficient (Wildman–Crippen LogP) is 2.60. The van der Waals surface area contributed by atoms with Gasteiger partial charge in [0.15, 0.2) is 5.76 Å². The van der Waals surface area contributed by atoms with Crippen LogP contribution < -0.4 is 4.74 Å². The summed E-state index contributed by atoms with van der Waals surface area (Å²) >= 11 is 0. The zero-order chi connectivity index (χ0) is 20.2. The highest BCUT2D eigenvalue weighted by Crippen LogP contribution is 2.29. The first-order chi connectivity index (χ1) is 14.2. The monoisotopic (exact) mass is 392 g/mol. The summed E-state index contributed by atoms with van der Waals surface area (Å²) < 4.78 is 10.7. The van der Waals surface area contributed by atoms with Crippen molar-refractivity contribution in [3.63, 3.8) is 0 Å². The predicted molar refractivity (Wildman–Crippen MR) is 100 cm³/mol. The lowest BCUT2D eigenvalue weighted by Gasteiger charge is -2.07. The molecule has 0 bridgehead atoms. The van der Waals surface area contributed by atoms with Gasteiger partial charge in [0, 0.05) is 23.7 Å². The molecule has 0 aliphatic heterocycles. The molecule has 0 fully saturated rings. The molecule has 2 N–H and O–H groups in total. The zero-order valence-corrected chi connectivity index (χ0v) is 15.4. The first kappa shape index (κ1) is 18.3. The van der Waals surface area contributed by atoms with E-state index in [1.54, 1.807) is 13.1 Å². The van der Waals surface area contributed by atoms with E-state index >= 15 is 0 Å². The number of oxazole rings is 1. The molecule has 0 aliphatic carbocycles. The van der Waals surface area contributed by atoms with Gasteiger partial charge >= 0.3 is 11.9 Å². The second kappa shape index (κ2) is 7.89. The number of tetrazole rings is 1. The van der Waals surface area contributed by atoms with Gasteiger partial charge in [-0.1, -0.05) is 30.3 Å². The molecule has 10 nitrogen and oxygen atoms in total. The van der Waals surface area contributed by atoms with E-state index in [4.69, 9.17) is 14.3 Å². The van der Waals surface area contributed by atoms with Crippen LogP contribution in [0.25, 0.3) is 22.6 Å². The molecule has 0 radical (unpaired) electrons. The molecule has 29 heavy (non-hydrogen) atoms. The van der Waals surface area contributed by atoms with Crippen molar-refractivity contribution in [3.8, 4) is 28.5 Å². The minimum Gasteiger partial charge on any atom is -0.475 e. The molecule has 3 aromatic heterocycles. The van der Waals surface area contributed by atoms with E-state index in [0.29, 0.717) is 24.6 Å². The molecule has 0 unspecified atom stereocenters. The maximum absolute atomic E-state index is 11.1. The number of aromatic carboxylic acids is 1. The Labute approximate surface area is 164 Å². The summed E-state index contributed by atoms with van der Waals surface area (Å²) in [4.78, 5) is 19.5. The molecule has 1 aromatic carbocycles. The van der Waals surface area contributed by atoms with E-state index in [-0.39, 0.29) is 5.88 Å². The summed E-state index contributed by atoms with van der Waals surface area (Å²) in [6, 6.07) is 11.4. The number of nitrogens with one attached hydrogen (secondary N) is 1. The highest BCUT2D eigenvalue weighted by molar-refractivity contribution is 5.82. The van der Waals surface area contributed by atoms with Crippen LogP contribution >= 0.6 is 0 Å². The van der Waals surface area contributed by atoms with E-state index < -0.39 is 11.9 Å². The second-order valence-electron chi connectivity index (χ2n) is 5.99. The standard InChI is InChI=1S/C19H16N6O4/c1-2-28-17-15(29-18(21-17)19(26)27)9-11-7-8-14(20-10-11)12-5-3-4-6-13(12)16-22-24-25-23-16/h3-8,10H,2,9H2,1H3,(H,26,27)(H,22,23,24,25). The largest absolute Gasteiger partial charge is 0.475 e. The number of ether oxygens (including phenoxy) is 1. The molecule has 0 atom stereocenters. The van der Waals surface area contributed by atoms with E-state index in [1.807, 2.05) is 36.4 Å². The Morgan fingerprint density at radius 1 is 1.21 bits per heavy atom. The zero-order valence-electron chi connectivity index (χ0n) is 15.4. The Morgan fingerprint density at radius 2 is 2.03 bits per heavy atom. The number of H-pyrrole nitrogens is 1. The molecule has 3 heterocycles. The maximum Gasteiger partial charge on any atom is 0.392 e. The van der Waals surface area contributed by atoms with Crippen molar-refractivity contribution in [3.05, 3.63) is 59.8 Å². The van der Waals surface area contributed by atoms with Gasteiger partial charge in [0.1, 0.15) is 0 Å². The number of nitrogens with zero attached hydrogens (tertiary/aromatic N) is 5. The normalized spacial score (nSPS) is 10.8. The first-order valence-electron chi connectivity index (χ1n) is 8.79. The van der Waals surface area contributed by atoms with Crippen LogP contribution in [0.3, 0.4) is 0 Å². The number of carboxylic acids is 1. The molecular formula is C19H16N6O4. The Balaban J connectivity index is 1.61. The smallest absolute Gasteiger partial charge is 0.392 e. The topological polar surface area (TPSA) is 140 Å². The fourth-order valence-electron chi connectivity index (χ4n) is 2.84. The van der Waals surface area contributed by atoms with Crippen molar-refractivity contribution < 1.29 is 19.1 Å². The number of benzene rings is 1.